The molecule has 1 N–H and O–H groups in total. The Balaban J connectivity index is 3.09. The van der Waals surface area contributed by atoms with E-state index in [2.05, 4.69) is 6.92 Å². The van der Waals surface area contributed by atoms with E-state index in [9.17, 15) is 4.89 Å². The van der Waals surface area contributed by atoms with Crippen LogP contribution in [0.3, 0.4) is 0 Å². The molecule has 4 heteroatoms. The molecule has 0 aromatic heterocycles. The summed E-state index contributed by atoms with van der Waals surface area (Å²) in [5, 5.41) is 0.834. The molecular weight excluding hydrogens is 223 g/mol. The quantitative estimate of drug-likeness (QED) is 0.781. The summed E-state index contributed by atoms with van der Waals surface area (Å²) in [5.74, 6) is 0. The van der Waals surface area contributed by atoms with Gasteiger partial charge in [-0.25, -0.2) is 0 Å². The molecule has 0 bridgehead atoms. The summed E-state index contributed by atoms with van der Waals surface area (Å²) in [6.07, 6.45) is 0.867. The van der Waals surface area contributed by atoms with Crippen molar-refractivity contribution in [2.24, 2.45) is 0 Å². The molecule has 1 rings (SSSR count). The summed E-state index contributed by atoms with van der Waals surface area (Å²) >= 11 is 0. The second kappa shape index (κ2) is 6.31. The fourth-order valence-electron chi connectivity index (χ4n) is 1.73. The van der Waals surface area contributed by atoms with Crippen molar-refractivity contribution in [2.45, 2.75) is 27.2 Å². The maximum absolute atomic E-state index is 10.5. The van der Waals surface area contributed by atoms with Crippen LogP contribution in [0.2, 0.25) is 0 Å². The van der Waals surface area contributed by atoms with Crippen LogP contribution < -0.4 is 5.30 Å². The van der Waals surface area contributed by atoms with Crippen molar-refractivity contribution in [2.75, 3.05) is 13.2 Å². The monoisotopic (exact) mass is 244 g/mol. The van der Waals surface area contributed by atoms with E-state index in [1.807, 2.05) is 38.1 Å². The zero-order valence-corrected chi connectivity index (χ0v) is 11.2. The Labute approximate surface area is 98.0 Å². The molecule has 3 nitrogen and oxygen atoms in total. The van der Waals surface area contributed by atoms with E-state index in [1.54, 1.807) is 0 Å². The van der Waals surface area contributed by atoms with E-state index in [0.717, 1.165) is 17.3 Å². The predicted molar refractivity (Wildman–Crippen MR) is 69.2 cm³/mol. The Hall–Kier alpha value is -0.470. The summed E-state index contributed by atoms with van der Waals surface area (Å²) in [6, 6.07) is 7.78. The van der Waals surface area contributed by atoms with Crippen LogP contribution in [0.15, 0.2) is 24.3 Å². The molecule has 0 saturated heterocycles. The third-order valence-electron chi connectivity index (χ3n) is 2.42. The van der Waals surface area contributed by atoms with Crippen LogP contribution in [-0.2, 0) is 15.5 Å². The molecule has 0 heterocycles. The SMILES string of the molecule is CCO[PH](O)(OCC)c1ccccc1CC. The van der Waals surface area contributed by atoms with Gasteiger partial charge in [-0.2, -0.15) is 0 Å². The fourth-order valence-corrected chi connectivity index (χ4v) is 3.87. The van der Waals surface area contributed by atoms with Crippen LogP contribution in [0.1, 0.15) is 26.3 Å². The van der Waals surface area contributed by atoms with E-state index in [0.29, 0.717) is 13.2 Å². The fraction of sp³-hybridized carbons (Fsp3) is 0.500. The van der Waals surface area contributed by atoms with Crippen molar-refractivity contribution in [3.05, 3.63) is 29.8 Å². The number of benzene rings is 1. The maximum atomic E-state index is 10.5. The van der Waals surface area contributed by atoms with Crippen LogP contribution in [0, 0.1) is 0 Å². The number of aryl methyl sites for hydroxylation is 1. The zero-order valence-electron chi connectivity index (χ0n) is 10.2. The molecule has 0 atom stereocenters. The number of hydrogen-bond donors (Lipinski definition) is 1. The van der Waals surface area contributed by atoms with Gasteiger partial charge in [0.15, 0.2) is 0 Å². The number of rotatable bonds is 6. The molecule has 0 radical (unpaired) electrons. The van der Waals surface area contributed by atoms with Gasteiger partial charge in [-0.1, -0.05) is 0 Å². The molecule has 0 aliphatic carbocycles. The van der Waals surface area contributed by atoms with Crippen molar-refractivity contribution in [3.63, 3.8) is 0 Å². The second-order valence-electron chi connectivity index (χ2n) is 3.46. The first-order chi connectivity index (χ1) is 7.68. The van der Waals surface area contributed by atoms with E-state index in [-0.39, 0.29) is 0 Å². The first kappa shape index (κ1) is 13.6. The van der Waals surface area contributed by atoms with Gasteiger partial charge in [0.2, 0.25) is 0 Å². The summed E-state index contributed by atoms with van der Waals surface area (Å²) in [6.45, 7) is 6.71. The summed E-state index contributed by atoms with van der Waals surface area (Å²) in [4.78, 5) is 10.5. The Morgan fingerprint density at radius 3 is 2.12 bits per heavy atom. The minimum absolute atomic E-state index is 0.459. The number of hydrogen-bond acceptors (Lipinski definition) is 3. The summed E-state index contributed by atoms with van der Waals surface area (Å²) < 4.78 is 10.9. The van der Waals surface area contributed by atoms with Gasteiger partial charge in [0, 0.05) is 0 Å². The van der Waals surface area contributed by atoms with Crippen LogP contribution in [0.4, 0.5) is 0 Å². The summed E-state index contributed by atoms with van der Waals surface area (Å²) in [7, 11) is -3.19. The Morgan fingerprint density at radius 1 is 1.06 bits per heavy atom. The van der Waals surface area contributed by atoms with Gasteiger partial charge < -0.3 is 0 Å². The average molecular weight is 244 g/mol. The van der Waals surface area contributed by atoms with Crippen molar-refractivity contribution in [3.8, 4) is 0 Å². The first-order valence-corrected chi connectivity index (χ1v) is 7.53. The molecule has 0 unspecified atom stereocenters. The molecule has 0 aliphatic rings. The van der Waals surface area contributed by atoms with E-state index < -0.39 is 7.94 Å². The molecule has 0 spiro atoms. The molecule has 0 aliphatic heterocycles. The van der Waals surface area contributed by atoms with E-state index >= 15 is 0 Å². The van der Waals surface area contributed by atoms with E-state index in [1.165, 1.54) is 0 Å². The zero-order chi connectivity index (χ0) is 12.0. The van der Waals surface area contributed by atoms with Crippen molar-refractivity contribution >= 4 is 13.2 Å². The average Bonchev–Trinajstić information content (AvgIpc) is 2.29. The van der Waals surface area contributed by atoms with Gasteiger partial charge in [-0.05, 0) is 0 Å². The van der Waals surface area contributed by atoms with Gasteiger partial charge >= 0.3 is 97.4 Å². The van der Waals surface area contributed by atoms with Crippen molar-refractivity contribution in [1.82, 2.24) is 0 Å². The van der Waals surface area contributed by atoms with Gasteiger partial charge in [-0.15, -0.1) is 0 Å². The predicted octanol–water partition coefficient (Wildman–Crippen LogP) is 2.43. The second-order valence-corrected chi connectivity index (χ2v) is 5.74. The van der Waals surface area contributed by atoms with Crippen LogP contribution in [0.5, 0.6) is 0 Å². The standard InChI is InChI=1S/C12H21O3P/c1-4-11-9-7-8-10-12(11)16(13,14-5-2)15-6-3/h7-10,13,16H,4-6H2,1-3H3. The first-order valence-electron chi connectivity index (χ1n) is 5.76. The van der Waals surface area contributed by atoms with Crippen LogP contribution in [0.25, 0.3) is 0 Å². The van der Waals surface area contributed by atoms with E-state index in [4.69, 9.17) is 9.05 Å². The Bertz CT molecular complexity index is 322. The molecule has 0 fully saturated rings. The Kier molecular flexibility index (Phi) is 5.36. The van der Waals surface area contributed by atoms with Crippen LogP contribution >= 0.6 is 7.94 Å². The molecule has 1 aromatic carbocycles. The summed E-state index contributed by atoms with van der Waals surface area (Å²) in [5.41, 5.74) is 1.10. The normalized spacial score (nSPS) is 12.8. The van der Waals surface area contributed by atoms with Gasteiger partial charge in [-0.3, -0.25) is 0 Å². The van der Waals surface area contributed by atoms with Crippen molar-refractivity contribution in [1.29, 1.82) is 0 Å². The molecule has 0 amide bonds. The molecular formula is C12H21O3P. The minimum atomic E-state index is -3.19. The van der Waals surface area contributed by atoms with Gasteiger partial charge in [0.25, 0.3) is 0 Å². The molecule has 16 heavy (non-hydrogen) atoms. The van der Waals surface area contributed by atoms with Gasteiger partial charge in [0.05, 0.1) is 0 Å². The molecule has 1 aromatic rings. The molecule has 0 saturated carbocycles. The molecule has 92 valence electrons. The third-order valence-corrected chi connectivity index (χ3v) is 4.95. The van der Waals surface area contributed by atoms with Crippen LogP contribution in [-0.4, -0.2) is 18.1 Å². The van der Waals surface area contributed by atoms with Crippen molar-refractivity contribution < 1.29 is 13.9 Å². The topological polar surface area (TPSA) is 38.7 Å². The third kappa shape index (κ3) is 3.02. The Morgan fingerprint density at radius 2 is 1.62 bits per heavy atom. The van der Waals surface area contributed by atoms with Gasteiger partial charge in [0.1, 0.15) is 0 Å².